The first-order valence-electron chi connectivity index (χ1n) is 6.41. The number of nitrogens with one attached hydrogen (secondary N) is 1. The molecule has 0 radical (unpaired) electrons. The Morgan fingerprint density at radius 3 is 2.52 bits per heavy atom. The number of halogens is 3. The second-order valence-corrected chi connectivity index (χ2v) is 8.05. The molecule has 0 aliphatic carbocycles. The SMILES string of the molecule is CCNCc1sc(S(=O)(=O)N(C)CCC(F)(F)F)cc1C. The zero-order valence-electron chi connectivity index (χ0n) is 12.1. The van der Waals surface area contributed by atoms with Crippen LogP contribution in [0.25, 0.3) is 0 Å². The lowest BCUT2D eigenvalue weighted by Crippen LogP contribution is -2.30. The minimum Gasteiger partial charge on any atom is -0.312 e. The summed E-state index contributed by atoms with van der Waals surface area (Å²) in [4.78, 5) is 0.875. The number of sulfonamides is 1. The summed E-state index contributed by atoms with van der Waals surface area (Å²) in [5.74, 6) is 0. The fourth-order valence-electron chi connectivity index (χ4n) is 1.59. The van der Waals surface area contributed by atoms with Crippen molar-refractivity contribution in [2.24, 2.45) is 0 Å². The molecule has 0 spiro atoms. The van der Waals surface area contributed by atoms with Crippen LogP contribution in [0, 0.1) is 6.92 Å². The van der Waals surface area contributed by atoms with E-state index in [-0.39, 0.29) is 4.21 Å². The highest BCUT2D eigenvalue weighted by Crippen LogP contribution is 2.29. The Kier molecular flexibility index (Phi) is 6.21. The van der Waals surface area contributed by atoms with Crippen molar-refractivity contribution in [2.75, 3.05) is 20.1 Å². The van der Waals surface area contributed by atoms with Crippen LogP contribution < -0.4 is 5.32 Å². The Bertz CT molecular complexity index is 568. The van der Waals surface area contributed by atoms with Crippen molar-refractivity contribution in [1.29, 1.82) is 0 Å². The predicted octanol–water partition coefficient (Wildman–Crippen LogP) is 2.74. The molecule has 0 atom stereocenters. The van der Waals surface area contributed by atoms with E-state index >= 15 is 0 Å². The molecule has 122 valence electrons. The molecule has 1 aromatic rings. The van der Waals surface area contributed by atoms with Gasteiger partial charge in [-0.3, -0.25) is 0 Å². The van der Waals surface area contributed by atoms with Crippen LogP contribution >= 0.6 is 11.3 Å². The second kappa shape index (κ2) is 7.08. The molecule has 0 aliphatic rings. The summed E-state index contributed by atoms with van der Waals surface area (Å²) >= 11 is 1.09. The predicted molar refractivity (Wildman–Crippen MR) is 76.9 cm³/mol. The molecule has 0 bridgehead atoms. The molecule has 0 unspecified atom stereocenters. The van der Waals surface area contributed by atoms with Crippen molar-refractivity contribution in [3.63, 3.8) is 0 Å². The number of hydrogen-bond donors (Lipinski definition) is 1. The average Bonchev–Trinajstić information content (AvgIpc) is 2.74. The molecule has 9 heteroatoms. The molecule has 1 rings (SSSR count). The Balaban J connectivity index is 2.87. The van der Waals surface area contributed by atoms with Crippen LogP contribution in [-0.2, 0) is 16.6 Å². The zero-order valence-corrected chi connectivity index (χ0v) is 13.8. The smallest absolute Gasteiger partial charge is 0.312 e. The number of alkyl halides is 3. The van der Waals surface area contributed by atoms with Crippen molar-refractivity contribution < 1.29 is 21.6 Å². The van der Waals surface area contributed by atoms with Crippen LogP contribution in [0.4, 0.5) is 13.2 Å². The van der Waals surface area contributed by atoms with E-state index in [0.29, 0.717) is 6.54 Å². The quantitative estimate of drug-likeness (QED) is 0.827. The number of thiophene rings is 1. The van der Waals surface area contributed by atoms with Gasteiger partial charge in [-0.1, -0.05) is 6.92 Å². The van der Waals surface area contributed by atoms with Gasteiger partial charge in [0.05, 0.1) is 6.42 Å². The van der Waals surface area contributed by atoms with Crippen LogP contribution in [0.1, 0.15) is 23.8 Å². The Morgan fingerprint density at radius 2 is 2.00 bits per heavy atom. The molecule has 0 aromatic carbocycles. The fourth-order valence-corrected chi connectivity index (χ4v) is 4.53. The summed E-state index contributed by atoms with van der Waals surface area (Å²) in [5.41, 5.74) is 0.823. The summed E-state index contributed by atoms with van der Waals surface area (Å²) in [5, 5.41) is 3.10. The first-order chi connectivity index (χ1) is 9.58. The number of nitrogens with zero attached hydrogens (tertiary/aromatic N) is 1. The Hall–Kier alpha value is -0.640. The molecule has 1 N–H and O–H groups in total. The summed E-state index contributed by atoms with van der Waals surface area (Å²) in [6.07, 6.45) is -5.53. The van der Waals surface area contributed by atoms with Gasteiger partial charge in [0.15, 0.2) is 0 Å². The largest absolute Gasteiger partial charge is 0.390 e. The maximum atomic E-state index is 12.2. The summed E-state index contributed by atoms with van der Waals surface area (Å²) < 4.78 is 61.9. The topological polar surface area (TPSA) is 49.4 Å². The van der Waals surface area contributed by atoms with Gasteiger partial charge in [0.25, 0.3) is 10.0 Å². The summed E-state index contributed by atoms with van der Waals surface area (Å²) in [7, 11) is -2.70. The highest BCUT2D eigenvalue weighted by Gasteiger charge is 2.31. The van der Waals surface area contributed by atoms with Crippen LogP contribution in [0.2, 0.25) is 0 Å². The third kappa shape index (κ3) is 5.24. The Morgan fingerprint density at radius 1 is 1.38 bits per heavy atom. The lowest BCUT2D eigenvalue weighted by atomic mass is 10.3. The molecule has 0 saturated carbocycles. The van der Waals surface area contributed by atoms with E-state index in [1.807, 2.05) is 6.92 Å². The molecular weight excluding hydrogens is 325 g/mol. The first-order valence-corrected chi connectivity index (χ1v) is 8.66. The zero-order chi connectivity index (χ0) is 16.3. The van der Waals surface area contributed by atoms with Gasteiger partial charge in [0.1, 0.15) is 4.21 Å². The van der Waals surface area contributed by atoms with Crippen LogP contribution in [-0.4, -0.2) is 39.0 Å². The fraction of sp³-hybridized carbons (Fsp3) is 0.667. The van der Waals surface area contributed by atoms with Gasteiger partial charge in [0, 0.05) is 25.0 Å². The van der Waals surface area contributed by atoms with Crippen LogP contribution in [0.15, 0.2) is 10.3 Å². The van der Waals surface area contributed by atoms with Crippen LogP contribution in [0.3, 0.4) is 0 Å². The Labute approximate surface area is 127 Å². The molecule has 4 nitrogen and oxygen atoms in total. The highest BCUT2D eigenvalue weighted by molar-refractivity contribution is 7.91. The van der Waals surface area contributed by atoms with E-state index in [0.717, 1.165) is 32.6 Å². The molecule has 1 aromatic heterocycles. The summed E-state index contributed by atoms with van der Waals surface area (Å²) in [6, 6.07) is 1.51. The van der Waals surface area contributed by atoms with Crippen molar-refractivity contribution in [3.8, 4) is 0 Å². The van der Waals surface area contributed by atoms with Crippen LogP contribution in [0.5, 0.6) is 0 Å². The molecule has 0 saturated heterocycles. The van der Waals surface area contributed by atoms with Crippen molar-refractivity contribution in [3.05, 3.63) is 16.5 Å². The third-order valence-electron chi connectivity index (χ3n) is 2.91. The van der Waals surface area contributed by atoms with Gasteiger partial charge in [-0.2, -0.15) is 17.5 Å². The lowest BCUT2D eigenvalue weighted by molar-refractivity contribution is -0.135. The molecule has 1 heterocycles. The van der Waals surface area contributed by atoms with Gasteiger partial charge < -0.3 is 5.32 Å². The minimum atomic E-state index is -4.37. The number of rotatable bonds is 7. The molecule has 0 amide bonds. The maximum Gasteiger partial charge on any atom is 0.390 e. The monoisotopic (exact) mass is 344 g/mol. The van der Waals surface area contributed by atoms with E-state index < -0.39 is 29.2 Å². The molecule has 0 aliphatic heterocycles. The van der Waals surface area contributed by atoms with Gasteiger partial charge in [0.2, 0.25) is 0 Å². The van der Waals surface area contributed by atoms with Crippen molar-refractivity contribution in [2.45, 2.75) is 37.2 Å². The number of aryl methyl sites for hydroxylation is 1. The molecule has 21 heavy (non-hydrogen) atoms. The van der Waals surface area contributed by atoms with E-state index in [1.54, 1.807) is 6.92 Å². The van der Waals surface area contributed by atoms with Gasteiger partial charge >= 0.3 is 6.18 Å². The number of hydrogen-bond acceptors (Lipinski definition) is 4. The summed E-state index contributed by atoms with van der Waals surface area (Å²) in [6.45, 7) is 4.45. The third-order valence-corrected chi connectivity index (χ3v) is 6.45. The van der Waals surface area contributed by atoms with Gasteiger partial charge in [-0.05, 0) is 25.1 Å². The van der Waals surface area contributed by atoms with E-state index in [4.69, 9.17) is 0 Å². The second-order valence-electron chi connectivity index (χ2n) is 4.64. The molecular formula is C12H19F3N2O2S2. The normalized spacial score (nSPS) is 13.1. The van der Waals surface area contributed by atoms with E-state index in [9.17, 15) is 21.6 Å². The standard InChI is InChI=1S/C12H19F3N2O2S2/c1-4-16-8-10-9(2)7-11(20-10)21(18,19)17(3)6-5-12(13,14)15/h7,16H,4-6,8H2,1-3H3. The minimum absolute atomic E-state index is 0.0811. The molecule has 0 fully saturated rings. The van der Waals surface area contributed by atoms with Crippen molar-refractivity contribution >= 4 is 21.4 Å². The first kappa shape index (κ1) is 18.4. The van der Waals surface area contributed by atoms with Crippen molar-refractivity contribution in [1.82, 2.24) is 9.62 Å². The maximum absolute atomic E-state index is 12.2. The average molecular weight is 344 g/mol. The highest BCUT2D eigenvalue weighted by atomic mass is 32.2. The van der Waals surface area contributed by atoms with E-state index in [2.05, 4.69) is 5.32 Å². The van der Waals surface area contributed by atoms with Gasteiger partial charge in [-0.25, -0.2) is 8.42 Å². The van der Waals surface area contributed by atoms with E-state index in [1.165, 1.54) is 13.1 Å². The lowest BCUT2D eigenvalue weighted by Gasteiger charge is -2.16. The van der Waals surface area contributed by atoms with Gasteiger partial charge in [-0.15, -0.1) is 11.3 Å².